The normalized spacial score (nSPS) is 24.6. The fourth-order valence-corrected chi connectivity index (χ4v) is 9.97. The maximum atomic E-state index is 17.8. The first kappa shape index (κ1) is 38.1. The summed E-state index contributed by atoms with van der Waals surface area (Å²) in [6, 6.07) is 5.06. The molecule has 3 aromatic carbocycles. The van der Waals surface area contributed by atoms with Gasteiger partial charge in [-0.05, 0) is 60.4 Å². The predicted octanol–water partition coefficient (Wildman–Crippen LogP) is 7.25. The molecule has 16 heteroatoms. The van der Waals surface area contributed by atoms with Gasteiger partial charge < -0.3 is 24.4 Å². The molecule has 2 bridgehead atoms. The van der Waals surface area contributed by atoms with Crippen LogP contribution in [0.2, 0.25) is 0 Å². The van der Waals surface area contributed by atoms with Crippen LogP contribution in [0.5, 0.6) is 11.8 Å². The van der Waals surface area contributed by atoms with E-state index in [-0.39, 0.29) is 95.0 Å². The topological polar surface area (TPSA) is 92.0 Å². The third kappa shape index (κ3) is 6.35. The van der Waals surface area contributed by atoms with Crippen LogP contribution in [-0.2, 0) is 11.8 Å². The number of fused-ring (bicyclic) bond motifs is 6. The van der Waals surface area contributed by atoms with Crippen molar-refractivity contribution in [1.29, 1.82) is 0 Å². The Kier molecular flexibility index (Phi) is 9.04. The van der Waals surface area contributed by atoms with Crippen LogP contribution in [0.1, 0.15) is 37.7 Å². The summed E-state index contributed by atoms with van der Waals surface area (Å²) in [5, 5.41) is 17.0. The average molecular weight is 818 g/mol. The molecule has 1 aliphatic carbocycles. The number of hydrogen-bond acceptors (Lipinski definition) is 9. The monoisotopic (exact) mass is 817 g/mol. The molecule has 6 heterocycles. The van der Waals surface area contributed by atoms with Gasteiger partial charge in [0.2, 0.25) is 0 Å². The lowest BCUT2D eigenvalue weighted by molar-refractivity contribution is -0.0484. The number of piperazine rings is 1. The summed E-state index contributed by atoms with van der Waals surface area (Å²) in [5.41, 5.74) is -1.65. The second-order valence-corrected chi connectivity index (χ2v) is 17.0. The molecule has 308 valence electrons. The van der Waals surface area contributed by atoms with E-state index in [2.05, 4.69) is 20.7 Å². The number of ether oxygens (including phenoxy) is 2. The van der Waals surface area contributed by atoms with Crippen molar-refractivity contribution in [2.24, 2.45) is 18.4 Å². The van der Waals surface area contributed by atoms with E-state index >= 15 is 17.6 Å². The number of phenols is 1. The quantitative estimate of drug-likeness (QED) is 0.122. The molecular weight excluding hydrogens is 777 g/mol. The zero-order valence-corrected chi connectivity index (χ0v) is 32.3. The third-order valence-corrected chi connectivity index (χ3v) is 13.1. The van der Waals surface area contributed by atoms with Crippen molar-refractivity contribution < 1.29 is 40.9 Å². The van der Waals surface area contributed by atoms with E-state index in [0.717, 1.165) is 45.7 Å². The van der Waals surface area contributed by atoms with Gasteiger partial charge in [-0.2, -0.15) is 23.8 Å². The second-order valence-electron chi connectivity index (χ2n) is 17.0. The minimum atomic E-state index is -3.09. The highest BCUT2D eigenvalue weighted by atomic mass is 19.3. The number of phenolic OH excluding ortho intramolecular Hbond substituents is 1. The Morgan fingerprint density at radius 3 is 2.39 bits per heavy atom. The van der Waals surface area contributed by atoms with Crippen LogP contribution in [0.3, 0.4) is 0 Å². The summed E-state index contributed by atoms with van der Waals surface area (Å²) >= 11 is 0. The number of likely N-dealkylation sites (tertiary alicyclic amines) is 2. The molecule has 4 saturated heterocycles. The van der Waals surface area contributed by atoms with Crippen molar-refractivity contribution in [2.45, 2.75) is 50.1 Å². The first-order valence-corrected chi connectivity index (χ1v) is 20.0. The van der Waals surface area contributed by atoms with Gasteiger partial charge in [0.25, 0.3) is 12.0 Å². The third-order valence-electron chi connectivity index (χ3n) is 13.1. The van der Waals surface area contributed by atoms with Gasteiger partial charge in [-0.1, -0.05) is 12.0 Å². The molecule has 4 aliphatic heterocycles. The number of aromatic hydroxyl groups is 1. The number of nitrogens with zero attached hydrogens (tertiary/aromatic N) is 7. The Morgan fingerprint density at radius 1 is 1.02 bits per heavy atom. The van der Waals surface area contributed by atoms with Crippen molar-refractivity contribution in [3.8, 4) is 35.2 Å². The largest absolute Gasteiger partial charge is 0.508 e. The molecule has 3 atom stereocenters. The predicted molar refractivity (Wildman–Crippen MR) is 209 cm³/mol. The Hall–Kier alpha value is -5.11. The lowest BCUT2D eigenvalue weighted by Crippen LogP contribution is -2.56. The summed E-state index contributed by atoms with van der Waals surface area (Å²) in [6.45, 7) is 3.68. The first-order valence-electron chi connectivity index (χ1n) is 20.0. The highest BCUT2D eigenvalue weighted by Crippen LogP contribution is 2.61. The molecule has 2 aromatic heterocycles. The lowest BCUT2D eigenvalue weighted by atomic mass is 9.91. The van der Waals surface area contributed by atoms with E-state index in [9.17, 15) is 13.9 Å². The number of rotatable bonds is 9. The van der Waals surface area contributed by atoms with Gasteiger partial charge in [-0.25, -0.2) is 17.6 Å². The summed E-state index contributed by atoms with van der Waals surface area (Å²) in [4.78, 5) is 15.9. The molecule has 5 aromatic rings. The van der Waals surface area contributed by atoms with Crippen LogP contribution in [0.15, 0.2) is 42.1 Å². The molecular formula is C43H41F6N7O3. The van der Waals surface area contributed by atoms with Gasteiger partial charge in [-0.15, -0.1) is 6.42 Å². The molecule has 5 aliphatic rings. The molecule has 10 nitrogen and oxygen atoms in total. The molecule has 0 amide bonds. The van der Waals surface area contributed by atoms with E-state index < -0.39 is 42.1 Å². The standard InChI is InChI=1S/C43H41F6N7O3/c1-3-29-32(44)7-4-25-12-28(57)13-30(33(25)29)34-36(45)38-35(31-17-53(2)52-37(31)34)40(56-26-5-6-27(56)16-55(15-26)14-23-18-58-19-23)51-41(50-38)59-22-42(20-43(42,48)49)21-54-10-8-24(9-11-54)39(46)47/h1,4,7,12-13,17,23,26-27,57H,5-6,8-11,14-16,18-22H2,2H3/t26?,27?,42-/m1/s1. The molecule has 10 rings (SSSR count). The number of alkyl halides is 2. The number of hydrogen-bond donors (Lipinski definition) is 1. The summed E-state index contributed by atoms with van der Waals surface area (Å²) in [6.07, 6.45) is 7.25. The summed E-state index contributed by atoms with van der Waals surface area (Å²) in [5.74, 6) is -1.63. The first-order chi connectivity index (χ1) is 28.3. The Morgan fingerprint density at radius 2 is 1.75 bits per heavy atom. The Bertz CT molecular complexity index is 2600. The van der Waals surface area contributed by atoms with Crippen LogP contribution in [-0.4, -0.2) is 112 Å². The Labute approximate surface area is 335 Å². The molecule has 0 spiro atoms. The molecule has 0 radical (unpaired) electrons. The van der Waals surface area contributed by atoms with Gasteiger partial charge >= 0.3 is 6.01 Å². The zero-order chi connectivity index (χ0) is 41.0. The maximum absolute atomic E-state index is 17.8. The molecule has 59 heavy (non-hydrogen) atoms. The number of terminal acetylenes is 1. The molecule has 5 fully saturated rings. The van der Waals surface area contributed by atoms with Crippen LogP contribution < -0.4 is 9.64 Å². The van der Waals surface area contributed by atoms with Crippen molar-refractivity contribution in [1.82, 2.24) is 29.5 Å². The molecule has 2 unspecified atom stereocenters. The fourth-order valence-electron chi connectivity index (χ4n) is 9.97. The number of aromatic nitrogens is 4. The van der Waals surface area contributed by atoms with Gasteiger partial charge in [0.05, 0.1) is 29.6 Å². The molecule has 1 saturated carbocycles. The lowest BCUT2D eigenvalue weighted by Gasteiger charge is -2.44. The summed E-state index contributed by atoms with van der Waals surface area (Å²) in [7, 11) is 1.69. The van der Waals surface area contributed by atoms with Gasteiger partial charge in [-0.3, -0.25) is 9.58 Å². The van der Waals surface area contributed by atoms with Gasteiger partial charge in [0.15, 0.2) is 5.82 Å². The van der Waals surface area contributed by atoms with Crippen molar-refractivity contribution >= 4 is 38.4 Å². The van der Waals surface area contributed by atoms with Crippen LogP contribution in [0.25, 0.3) is 43.7 Å². The van der Waals surface area contributed by atoms with Crippen LogP contribution in [0.4, 0.5) is 32.2 Å². The number of halogens is 6. The van der Waals surface area contributed by atoms with E-state index in [1.807, 2.05) is 0 Å². The minimum Gasteiger partial charge on any atom is -0.508 e. The van der Waals surface area contributed by atoms with E-state index in [1.165, 1.54) is 28.9 Å². The van der Waals surface area contributed by atoms with E-state index in [0.29, 0.717) is 27.9 Å². The zero-order valence-electron chi connectivity index (χ0n) is 32.3. The maximum Gasteiger partial charge on any atom is 0.319 e. The highest BCUT2D eigenvalue weighted by molar-refractivity contribution is 6.18. The van der Waals surface area contributed by atoms with Crippen molar-refractivity contribution in [3.05, 3.63) is 59.3 Å². The highest BCUT2D eigenvalue weighted by Gasteiger charge is 2.72. The smallest absolute Gasteiger partial charge is 0.319 e. The van der Waals surface area contributed by atoms with Crippen LogP contribution in [0, 0.1) is 35.3 Å². The number of piperidine rings is 1. The minimum absolute atomic E-state index is 0.00219. The fraction of sp³-hybridized carbons (Fsp3) is 0.465. The van der Waals surface area contributed by atoms with Crippen LogP contribution >= 0.6 is 0 Å². The number of benzene rings is 3. The summed E-state index contributed by atoms with van der Waals surface area (Å²) < 4.78 is 103. The second kappa shape index (κ2) is 14.0. The number of anilines is 1. The van der Waals surface area contributed by atoms with Crippen molar-refractivity contribution in [3.63, 3.8) is 0 Å². The van der Waals surface area contributed by atoms with Crippen molar-refractivity contribution in [2.75, 3.05) is 64.0 Å². The molecule has 1 N–H and O–H groups in total. The SMILES string of the molecule is C#Cc1c(F)ccc2cc(O)cc(-c3c(F)c4nc(OC[C@]5(CN6CCC(=C(F)F)CC6)CC5(F)F)nc(N5C6CCC5CN(CC5COC5)C6)c4c4cn(C)nc34)c12. The Balaban J connectivity index is 1.12. The van der Waals surface area contributed by atoms with E-state index in [4.69, 9.17) is 26.0 Å². The van der Waals surface area contributed by atoms with E-state index in [1.54, 1.807) is 18.1 Å². The van der Waals surface area contributed by atoms with Gasteiger partial charge in [0, 0.05) is 93.3 Å². The number of aryl methyl sites for hydroxylation is 1. The average Bonchev–Trinajstić information content (AvgIpc) is 3.36. The van der Waals surface area contributed by atoms with Gasteiger partial charge in [0.1, 0.15) is 35.0 Å².